The number of nitrogens with zero attached hydrogens (tertiary/aromatic N) is 2. The molecule has 4 nitrogen and oxygen atoms in total. The number of benzene rings is 2. The number of aryl methyl sites for hydroxylation is 1. The van der Waals surface area contributed by atoms with Gasteiger partial charge >= 0.3 is 0 Å². The van der Waals surface area contributed by atoms with Crippen molar-refractivity contribution in [2.45, 2.75) is 24.4 Å². The molecule has 0 fully saturated rings. The molecule has 0 amide bonds. The summed E-state index contributed by atoms with van der Waals surface area (Å²) in [6.07, 6.45) is 0. The van der Waals surface area contributed by atoms with Crippen LogP contribution in [0, 0.1) is 6.92 Å². The van der Waals surface area contributed by atoms with Crippen LogP contribution in [0.2, 0.25) is 5.02 Å². The van der Waals surface area contributed by atoms with E-state index in [9.17, 15) is 0 Å². The Hall–Kier alpha value is -1.98. The third-order valence-corrected chi connectivity index (χ3v) is 4.47. The maximum Gasteiger partial charge on any atom is 0.208 e. The van der Waals surface area contributed by atoms with Gasteiger partial charge < -0.3 is 4.74 Å². The molecule has 1 aromatic heterocycles. The third kappa shape index (κ3) is 4.50. The van der Waals surface area contributed by atoms with Crippen molar-refractivity contribution in [3.63, 3.8) is 0 Å². The van der Waals surface area contributed by atoms with Gasteiger partial charge in [-0.05, 0) is 42.3 Å². The number of rotatable bonds is 6. The quantitative estimate of drug-likeness (QED) is 0.661. The fourth-order valence-electron chi connectivity index (χ4n) is 2.00. The summed E-state index contributed by atoms with van der Waals surface area (Å²) in [6.45, 7) is 2.46. The Bertz CT molecular complexity index is 774. The first-order valence-corrected chi connectivity index (χ1v) is 8.54. The monoisotopic (exact) mass is 345 g/mol. The van der Waals surface area contributed by atoms with Crippen molar-refractivity contribution >= 4 is 23.4 Å². The zero-order valence-electron chi connectivity index (χ0n) is 12.6. The number of hydrogen-bond donors (Lipinski definition) is 1. The van der Waals surface area contributed by atoms with E-state index in [-0.39, 0.29) is 0 Å². The molecule has 3 aromatic rings. The number of aromatic amines is 1. The largest absolute Gasteiger partial charge is 0.486 e. The summed E-state index contributed by atoms with van der Waals surface area (Å²) in [7, 11) is 0. The van der Waals surface area contributed by atoms with Gasteiger partial charge in [0.15, 0.2) is 5.82 Å². The van der Waals surface area contributed by atoms with Crippen molar-refractivity contribution in [1.29, 1.82) is 0 Å². The van der Waals surface area contributed by atoms with Gasteiger partial charge in [-0.2, -0.15) is 0 Å². The summed E-state index contributed by atoms with van der Waals surface area (Å²) in [5.41, 5.74) is 2.57. The van der Waals surface area contributed by atoms with Crippen molar-refractivity contribution < 1.29 is 4.74 Å². The molecular formula is C17H16ClN3OS. The minimum atomic E-state index is 0.347. The summed E-state index contributed by atoms with van der Waals surface area (Å²) in [5, 5.41) is 8.53. The number of aromatic nitrogens is 3. The lowest BCUT2D eigenvalue weighted by Crippen LogP contribution is -1.97. The summed E-state index contributed by atoms with van der Waals surface area (Å²) in [5.74, 6) is 2.30. The van der Waals surface area contributed by atoms with Crippen LogP contribution in [-0.2, 0) is 12.4 Å². The Morgan fingerprint density at radius 2 is 1.91 bits per heavy atom. The fourth-order valence-corrected chi connectivity index (χ4v) is 3.02. The Labute approximate surface area is 144 Å². The molecule has 0 aliphatic carbocycles. The second-order valence-electron chi connectivity index (χ2n) is 5.02. The van der Waals surface area contributed by atoms with Gasteiger partial charge in [-0.1, -0.05) is 47.6 Å². The molecule has 0 saturated heterocycles. The van der Waals surface area contributed by atoms with E-state index in [1.54, 1.807) is 23.9 Å². The molecular weight excluding hydrogens is 330 g/mol. The molecule has 1 heterocycles. The maximum atomic E-state index is 5.84. The molecule has 0 saturated carbocycles. The highest BCUT2D eigenvalue weighted by molar-refractivity contribution is 7.98. The minimum absolute atomic E-state index is 0.347. The Morgan fingerprint density at radius 1 is 1.13 bits per heavy atom. The van der Waals surface area contributed by atoms with E-state index in [4.69, 9.17) is 16.3 Å². The molecule has 0 spiro atoms. The second kappa shape index (κ2) is 7.53. The molecule has 0 aliphatic rings. The van der Waals surface area contributed by atoms with E-state index in [2.05, 4.69) is 34.2 Å². The molecule has 118 valence electrons. The third-order valence-electron chi connectivity index (χ3n) is 3.32. The van der Waals surface area contributed by atoms with Crippen molar-refractivity contribution in [2.75, 3.05) is 0 Å². The van der Waals surface area contributed by atoms with Gasteiger partial charge in [0.2, 0.25) is 5.16 Å². The molecule has 0 aliphatic heterocycles. The van der Waals surface area contributed by atoms with Crippen LogP contribution >= 0.6 is 23.4 Å². The van der Waals surface area contributed by atoms with Crippen LogP contribution in [0.1, 0.15) is 17.0 Å². The molecule has 6 heteroatoms. The molecule has 3 rings (SSSR count). The molecule has 0 unspecified atom stereocenters. The summed E-state index contributed by atoms with van der Waals surface area (Å²) < 4.78 is 5.64. The zero-order valence-corrected chi connectivity index (χ0v) is 14.2. The normalized spacial score (nSPS) is 10.7. The SMILES string of the molecule is Cc1ccccc1CSc1n[nH]c(COc2ccc(Cl)cc2)n1. The first kappa shape index (κ1) is 15.9. The number of H-pyrrole nitrogens is 1. The van der Waals surface area contributed by atoms with Crippen LogP contribution in [0.4, 0.5) is 0 Å². The molecule has 0 bridgehead atoms. The van der Waals surface area contributed by atoms with Crippen LogP contribution in [0.3, 0.4) is 0 Å². The molecule has 0 atom stereocenters. The first-order valence-electron chi connectivity index (χ1n) is 7.17. The van der Waals surface area contributed by atoms with Crippen molar-refractivity contribution in [2.24, 2.45) is 0 Å². The smallest absolute Gasteiger partial charge is 0.208 e. The molecule has 0 radical (unpaired) electrons. The second-order valence-corrected chi connectivity index (χ2v) is 6.40. The van der Waals surface area contributed by atoms with Crippen LogP contribution < -0.4 is 4.74 Å². The first-order chi connectivity index (χ1) is 11.2. The summed E-state index contributed by atoms with van der Waals surface area (Å²) in [4.78, 5) is 4.43. The average Bonchev–Trinajstić information content (AvgIpc) is 3.02. The highest BCUT2D eigenvalue weighted by atomic mass is 35.5. The van der Waals surface area contributed by atoms with E-state index in [0.717, 1.165) is 16.7 Å². The maximum absolute atomic E-state index is 5.84. The van der Waals surface area contributed by atoms with Gasteiger partial charge in [0.05, 0.1) is 0 Å². The lowest BCUT2D eigenvalue weighted by Gasteiger charge is -2.03. The van der Waals surface area contributed by atoms with Gasteiger partial charge in [-0.15, -0.1) is 5.10 Å². The standard InChI is InChI=1S/C17H16ClN3OS/c1-12-4-2-3-5-13(12)11-23-17-19-16(20-21-17)10-22-15-8-6-14(18)7-9-15/h2-9H,10-11H2,1H3,(H,19,20,21). The van der Waals surface area contributed by atoms with Gasteiger partial charge in [-0.3, -0.25) is 5.10 Å². The van der Waals surface area contributed by atoms with Crippen molar-refractivity contribution in [3.05, 3.63) is 70.5 Å². The van der Waals surface area contributed by atoms with Crippen LogP contribution in [0.5, 0.6) is 5.75 Å². The minimum Gasteiger partial charge on any atom is -0.486 e. The highest BCUT2D eigenvalue weighted by Crippen LogP contribution is 2.21. The van der Waals surface area contributed by atoms with Gasteiger partial charge in [-0.25, -0.2) is 4.98 Å². The molecule has 2 aromatic carbocycles. The van der Waals surface area contributed by atoms with Crippen molar-refractivity contribution in [3.8, 4) is 5.75 Å². The van der Waals surface area contributed by atoms with Crippen molar-refractivity contribution in [1.82, 2.24) is 15.2 Å². The lowest BCUT2D eigenvalue weighted by atomic mass is 10.1. The predicted octanol–water partition coefficient (Wildman–Crippen LogP) is 4.64. The molecule has 23 heavy (non-hydrogen) atoms. The lowest BCUT2D eigenvalue weighted by molar-refractivity contribution is 0.296. The van der Waals surface area contributed by atoms with Gasteiger partial charge in [0.1, 0.15) is 12.4 Å². The number of hydrogen-bond acceptors (Lipinski definition) is 4. The summed E-state index contributed by atoms with van der Waals surface area (Å²) >= 11 is 7.45. The summed E-state index contributed by atoms with van der Waals surface area (Å²) in [6, 6.07) is 15.6. The Balaban J connectivity index is 1.53. The predicted molar refractivity (Wildman–Crippen MR) is 92.9 cm³/mol. The Kier molecular flexibility index (Phi) is 5.20. The van der Waals surface area contributed by atoms with E-state index in [1.165, 1.54) is 11.1 Å². The van der Waals surface area contributed by atoms with E-state index < -0.39 is 0 Å². The van der Waals surface area contributed by atoms with Gasteiger partial charge in [0, 0.05) is 10.8 Å². The topological polar surface area (TPSA) is 50.8 Å². The highest BCUT2D eigenvalue weighted by Gasteiger charge is 2.06. The van der Waals surface area contributed by atoms with E-state index in [1.807, 2.05) is 24.3 Å². The van der Waals surface area contributed by atoms with Gasteiger partial charge in [0.25, 0.3) is 0 Å². The number of ether oxygens (including phenoxy) is 1. The fraction of sp³-hybridized carbons (Fsp3) is 0.176. The Morgan fingerprint density at radius 3 is 2.70 bits per heavy atom. The number of thioether (sulfide) groups is 1. The van der Waals surface area contributed by atoms with Crippen LogP contribution in [0.25, 0.3) is 0 Å². The van der Waals surface area contributed by atoms with Crippen LogP contribution in [-0.4, -0.2) is 15.2 Å². The average molecular weight is 346 g/mol. The zero-order chi connectivity index (χ0) is 16.1. The molecule has 1 N–H and O–H groups in total. The number of halogens is 1. The van der Waals surface area contributed by atoms with E-state index >= 15 is 0 Å². The number of nitrogens with one attached hydrogen (secondary N) is 1. The van der Waals surface area contributed by atoms with Crippen LogP contribution in [0.15, 0.2) is 53.7 Å². The van der Waals surface area contributed by atoms with E-state index in [0.29, 0.717) is 17.5 Å².